The summed E-state index contributed by atoms with van der Waals surface area (Å²) in [5.41, 5.74) is 0.787. The summed E-state index contributed by atoms with van der Waals surface area (Å²) in [5, 5.41) is 8.19. The molecule has 3 aromatic heterocycles. The zero-order valence-corrected chi connectivity index (χ0v) is 11.7. The molecule has 3 heterocycles. The predicted molar refractivity (Wildman–Crippen MR) is 77.9 cm³/mol. The second-order valence-corrected chi connectivity index (χ2v) is 4.96. The first kappa shape index (κ1) is 12.9. The fraction of sp³-hybridized carbons (Fsp3) is 0.308. The van der Waals surface area contributed by atoms with Gasteiger partial charge in [-0.25, -0.2) is 9.50 Å². The highest BCUT2D eigenvalue weighted by Crippen LogP contribution is 2.11. The first-order chi connectivity index (χ1) is 9.81. The van der Waals surface area contributed by atoms with Crippen LogP contribution in [0.2, 0.25) is 5.02 Å². The standard InChI is InChI=1S/C13H15ClN6/c14-11-3-4-12-17-13(18-20(12)9-11)16-5-1-2-7-19-8-6-15-10-19/h3-4,6,8-10H,1-2,5,7H2,(H,16,18). The lowest BCUT2D eigenvalue weighted by molar-refractivity contribution is 0.620. The van der Waals surface area contributed by atoms with Gasteiger partial charge in [-0.1, -0.05) is 11.6 Å². The summed E-state index contributed by atoms with van der Waals surface area (Å²) in [4.78, 5) is 8.38. The average Bonchev–Trinajstić information content (AvgIpc) is 3.06. The van der Waals surface area contributed by atoms with E-state index in [1.807, 2.05) is 18.6 Å². The van der Waals surface area contributed by atoms with Gasteiger partial charge in [0, 0.05) is 31.7 Å². The number of nitrogens with zero attached hydrogens (tertiary/aromatic N) is 5. The molecule has 20 heavy (non-hydrogen) atoms. The van der Waals surface area contributed by atoms with Crippen LogP contribution in [0.1, 0.15) is 12.8 Å². The molecule has 0 spiro atoms. The molecular formula is C13H15ClN6. The van der Waals surface area contributed by atoms with Gasteiger partial charge in [-0.2, -0.15) is 4.98 Å². The molecule has 3 rings (SSSR count). The van der Waals surface area contributed by atoms with Gasteiger partial charge in [-0.05, 0) is 25.0 Å². The van der Waals surface area contributed by atoms with Crippen molar-refractivity contribution in [1.82, 2.24) is 24.1 Å². The molecule has 7 heteroatoms. The SMILES string of the molecule is Clc1ccc2nc(NCCCCn3ccnc3)nn2c1. The third-order valence-electron chi connectivity index (χ3n) is 2.98. The molecule has 0 aromatic carbocycles. The van der Waals surface area contributed by atoms with Crippen LogP contribution >= 0.6 is 11.6 Å². The Morgan fingerprint density at radius 2 is 2.20 bits per heavy atom. The molecule has 0 aliphatic rings. The Bertz CT molecular complexity index is 675. The van der Waals surface area contributed by atoms with E-state index in [0.717, 1.165) is 31.6 Å². The quantitative estimate of drug-likeness (QED) is 0.709. The molecule has 0 radical (unpaired) electrons. The molecule has 0 unspecified atom stereocenters. The number of aromatic nitrogens is 5. The third kappa shape index (κ3) is 3.08. The summed E-state index contributed by atoms with van der Waals surface area (Å²) in [6.07, 6.45) is 9.48. The maximum absolute atomic E-state index is 5.91. The van der Waals surface area contributed by atoms with Gasteiger partial charge in [0.1, 0.15) is 0 Å². The van der Waals surface area contributed by atoms with Crippen LogP contribution in [0.3, 0.4) is 0 Å². The number of rotatable bonds is 6. The van der Waals surface area contributed by atoms with Crippen molar-refractivity contribution in [2.75, 3.05) is 11.9 Å². The molecule has 0 saturated heterocycles. The molecule has 0 bridgehead atoms. The van der Waals surface area contributed by atoms with E-state index in [9.17, 15) is 0 Å². The van der Waals surface area contributed by atoms with Crippen molar-refractivity contribution in [1.29, 1.82) is 0 Å². The van der Waals surface area contributed by atoms with Gasteiger partial charge in [0.2, 0.25) is 5.95 Å². The lowest BCUT2D eigenvalue weighted by Crippen LogP contribution is -2.05. The zero-order valence-electron chi connectivity index (χ0n) is 10.9. The Labute approximate surface area is 121 Å². The second-order valence-electron chi connectivity index (χ2n) is 4.52. The molecule has 0 fully saturated rings. The van der Waals surface area contributed by atoms with E-state index in [-0.39, 0.29) is 0 Å². The van der Waals surface area contributed by atoms with Gasteiger partial charge in [-0.15, -0.1) is 5.10 Å². The van der Waals surface area contributed by atoms with Gasteiger partial charge < -0.3 is 9.88 Å². The highest BCUT2D eigenvalue weighted by atomic mass is 35.5. The Kier molecular flexibility index (Phi) is 3.83. The van der Waals surface area contributed by atoms with Crippen molar-refractivity contribution in [2.24, 2.45) is 0 Å². The van der Waals surface area contributed by atoms with Gasteiger partial charge in [-0.3, -0.25) is 0 Å². The minimum Gasteiger partial charge on any atom is -0.353 e. The van der Waals surface area contributed by atoms with Crippen LogP contribution in [0.25, 0.3) is 5.65 Å². The first-order valence-electron chi connectivity index (χ1n) is 6.53. The maximum atomic E-state index is 5.91. The van der Waals surface area contributed by atoms with E-state index in [4.69, 9.17) is 11.6 Å². The Hall–Kier alpha value is -2.08. The predicted octanol–water partition coefficient (Wildman–Crippen LogP) is 2.47. The van der Waals surface area contributed by atoms with Gasteiger partial charge >= 0.3 is 0 Å². The number of hydrogen-bond acceptors (Lipinski definition) is 4. The Morgan fingerprint density at radius 1 is 1.25 bits per heavy atom. The fourth-order valence-electron chi connectivity index (χ4n) is 1.97. The van der Waals surface area contributed by atoms with Crippen molar-refractivity contribution in [3.63, 3.8) is 0 Å². The summed E-state index contributed by atoms with van der Waals surface area (Å²) in [6, 6.07) is 3.65. The normalized spacial score (nSPS) is 11.1. The van der Waals surface area contributed by atoms with Crippen LogP contribution in [0.4, 0.5) is 5.95 Å². The number of halogens is 1. The highest BCUT2D eigenvalue weighted by Gasteiger charge is 2.02. The Balaban J connectivity index is 1.47. The number of anilines is 1. The van der Waals surface area contributed by atoms with Crippen molar-refractivity contribution in [3.8, 4) is 0 Å². The monoisotopic (exact) mass is 290 g/mol. The van der Waals surface area contributed by atoms with E-state index >= 15 is 0 Å². The number of nitrogens with one attached hydrogen (secondary N) is 1. The summed E-state index contributed by atoms with van der Waals surface area (Å²) in [7, 11) is 0. The topological polar surface area (TPSA) is 60.0 Å². The van der Waals surface area contributed by atoms with Crippen LogP contribution in [-0.2, 0) is 6.54 Å². The van der Waals surface area contributed by atoms with Crippen LogP contribution in [0, 0.1) is 0 Å². The minimum atomic E-state index is 0.634. The van der Waals surface area contributed by atoms with Crippen LogP contribution in [0.5, 0.6) is 0 Å². The van der Waals surface area contributed by atoms with E-state index in [0.29, 0.717) is 11.0 Å². The van der Waals surface area contributed by atoms with Crippen LogP contribution in [0.15, 0.2) is 37.1 Å². The molecular weight excluding hydrogens is 276 g/mol. The summed E-state index contributed by atoms with van der Waals surface area (Å²) in [5.74, 6) is 0.634. The third-order valence-corrected chi connectivity index (χ3v) is 3.20. The van der Waals surface area contributed by atoms with Crippen molar-refractivity contribution in [3.05, 3.63) is 42.1 Å². The maximum Gasteiger partial charge on any atom is 0.243 e. The van der Waals surface area contributed by atoms with Crippen LogP contribution < -0.4 is 5.32 Å². The van der Waals surface area contributed by atoms with E-state index in [1.54, 1.807) is 23.0 Å². The zero-order chi connectivity index (χ0) is 13.8. The van der Waals surface area contributed by atoms with Crippen molar-refractivity contribution >= 4 is 23.2 Å². The van der Waals surface area contributed by atoms with Gasteiger partial charge in [0.25, 0.3) is 0 Å². The minimum absolute atomic E-state index is 0.634. The summed E-state index contributed by atoms with van der Waals surface area (Å²) >= 11 is 5.91. The fourth-order valence-corrected chi connectivity index (χ4v) is 2.13. The Morgan fingerprint density at radius 3 is 3.05 bits per heavy atom. The molecule has 0 saturated carbocycles. The number of aryl methyl sites for hydroxylation is 1. The van der Waals surface area contributed by atoms with Crippen molar-refractivity contribution in [2.45, 2.75) is 19.4 Å². The summed E-state index contributed by atoms with van der Waals surface area (Å²) < 4.78 is 3.75. The lowest BCUT2D eigenvalue weighted by Gasteiger charge is -2.02. The number of hydrogen-bond donors (Lipinski definition) is 1. The largest absolute Gasteiger partial charge is 0.353 e. The van der Waals surface area contributed by atoms with Crippen LogP contribution in [-0.4, -0.2) is 30.7 Å². The second kappa shape index (κ2) is 5.92. The van der Waals surface area contributed by atoms with Gasteiger partial charge in [0.05, 0.1) is 11.3 Å². The number of imidazole rings is 1. The van der Waals surface area contributed by atoms with Gasteiger partial charge in [0.15, 0.2) is 5.65 Å². The first-order valence-corrected chi connectivity index (χ1v) is 6.90. The smallest absolute Gasteiger partial charge is 0.243 e. The highest BCUT2D eigenvalue weighted by molar-refractivity contribution is 6.30. The lowest BCUT2D eigenvalue weighted by atomic mass is 10.3. The number of unbranched alkanes of at least 4 members (excludes halogenated alkanes) is 1. The average molecular weight is 291 g/mol. The van der Waals surface area contributed by atoms with E-state index < -0.39 is 0 Å². The molecule has 0 aliphatic heterocycles. The molecule has 3 aromatic rings. The molecule has 104 valence electrons. The molecule has 0 aliphatic carbocycles. The molecule has 0 amide bonds. The molecule has 0 atom stereocenters. The van der Waals surface area contributed by atoms with E-state index in [1.165, 1.54) is 0 Å². The molecule has 1 N–H and O–H groups in total. The van der Waals surface area contributed by atoms with E-state index in [2.05, 4.69) is 25.0 Å². The van der Waals surface area contributed by atoms with Crippen molar-refractivity contribution < 1.29 is 0 Å². The summed E-state index contributed by atoms with van der Waals surface area (Å²) in [6.45, 7) is 1.83. The number of pyridine rings is 1. The number of fused-ring (bicyclic) bond motifs is 1. The molecule has 6 nitrogen and oxygen atoms in total.